The van der Waals surface area contributed by atoms with Crippen molar-refractivity contribution in [3.8, 4) is 10.6 Å². The summed E-state index contributed by atoms with van der Waals surface area (Å²) in [4.78, 5) is 22.3. The van der Waals surface area contributed by atoms with Gasteiger partial charge in [-0.3, -0.25) is 9.78 Å². The Kier molecular flexibility index (Phi) is 4.04. The Morgan fingerprint density at radius 2 is 2.17 bits per heavy atom. The van der Waals surface area contributed by atoms with Crippen molar-refractivity contribution >= 4 is 17.2 Å². The summed E-state index contributed by atoms with van der Waals surface area (Å²) >= 11 is 1.47. The van der Waals surface area contributed by atoms with Crippen molar-refractivity contribution in [2.24, 2.45) is 0 Å². The van der Waals surface area contributed by atoms with E-state index in [0.717, 1.165) is 10.6 Å². The highest BCUT2D eigenvalue weighted by Gasteiger charge is 2.16. The Bertz CT molecular complexity index is 520. The summed E-state index contributed by atoms with van der Waals surface area (Å²) in [7, 11) is 0. The molecule has 94 valence electrons. The first-order chi connectivity index (χ1) is 8.76. The van der Waals surface area contributed by atoms with Crippen LogP contribution >= 0.6 is 11.3 Å². The van der Waals surface area contributed by atoms with E-state index in [2.05, 4.69) is 9.97 Å². The molecular formula is C13H15N3OS. The first-order valence-corrected chi connectivity index (χ1v) is 6.79. The number of carbonyl (C=O) groups excluding carboxylic acids is 1. The smallest absolute Gasteiger partial charge is 0.273 e. The van der Waals surface area contributed by atoms with Gasteiger partial charge in [-0.15, -0.1) is 11.3 Å². The molecule has 0 atom stereocenters. The molecule has 0 saturated heterocycles. The van der Waals surface area contributed by atoms with Crippen LogP contribution in [0.25, 0.3) is 10.6 Å². The van der Waals surface area contributed by atoms with Gasteiger partial charge >= 0.3 is 0 Å². The lowest BCUT2D eigenvalue weighted by Crippen LogP contribution is -2.30. The standard InChI is InChI=1S/C13H15N3OS/c1-3-16(4-2)13(17)11-9-18-12(15-11)10-6-5-7-14-8-10/h5-9H,3-4H2,1-2H3. The lowest BCUT2D eigenvalue weighted by Gasteiger charge is -2.16. The molecule has 2 heterocycles. The fourth-order valence-corrected chi connectivity index (χ4v) is 2.45. The third kappa shape index (κ3) is 2.56. The summed E-state index contributed by atoms with van der Waals surface area (Å²) in [5, 5.41) is 2.64. The molecule has 2 rings (SSSR count). The molecule has 0 saturated carbocycles. The molecular weight excluding hydrogens is 246 g/mol. The van der Waals surface area contributed by atoms with E-state index < -0.39 is 0 Å². The molecule has 0 fully saturated rings. The van der Waals surface area contributed by atoms with Gasteiger partial charge in [-0.05, 0) is 26.0 Å². The quantitative estimate of drug-likeness (QED) is 0.850. The molecule has 2 aromatic rings. The van der Waals surface area contributed by atoms with Crippen LogP contribution in [0.15, 0.2) is 29.9 Å². The summed E-state index contributed by atoms with van der Waals surface area (Å²) in [6.07, 6.45) is 3.48. The molecule has 0 radical (unpaired) electrons. The van der Waals surface area contributed by atoms with Crippen LogP contribution in [0.2, 0.25) is 0 Å². The number of amides is 1. The van der Waals surface area contributed by atoms with Gasteiger partial charge in [0.05, 0.1) is 0 Å². The van der Waals surface area contributed by atoms with Gasteiger partial charge < -0.3 is 4.90 Å². The van der Waals surface area contributed by atoms with Crippen LogP contribution in [0.4, 0.5) is 0 Å². The Balaban J connectivity index is 2.23. The maximum atomic E-state index is 12.1. The maximum absolute atomic E-state index is 12.1. The van der Waals surface area contributed by atoms with E-state index >= 15 is 0 Å². The van der Waals surface area contributed by atoms with E-state index in [1.54, 1.807) is 17.3 Å². The molecule has 18 heavy (non-hydrogen) atoms. The molecule has 0 aliphatic rings. The lowest BCUT2D eigenvalue weighted by molar-refractivity contribution is 0.0768. The van der Waals surface area contributed by atoms with Gasteiger partial charge in [-0.25, -0.2) is 4.98 Å². The fourth-order valence-electron chi connectivity index (χ4n) is 1.67. The second-order valence-electron chi connectivity index (χ2n) is 3.76. The molecule has 0 N–H and O–H groups in total. The van der Waals surface area contributed by atoms with Crippen LogP contribution in [0, 0.1) is 0 Å². The summed E-state index contributed by atoms with van der Waals surface area (Å²) in [5.41, 5.74) is 1.46. The molecule has 0 bridgehead atoms. The molecule has 0 unspecified atom stereocenters. The number of rotatable bonds is 4. The summed E-state index contributed by atoms with van der Waals surface area (Å²) in [6, 6.07) is 3.81. The average Bonchev–Trinajstić information content (AvgIpc) is 2.90. The highest BCUT2D eigenvalue weighted by atomic mass is 32.1. The zero-order valence-electron chi connectivity index (χ0n) is 10.5. The van der Waals surface area contributed by atoms with Crippen LogP contribution in [0.1, 0.15) is 24.3 Å². The Morgan fingerprint density at radius 3 is 2.78 bits per heavy atom. The number of nitrogens with zero attached hydrogens (tertiary/aromatic N) is 3. The molecule has 5 heteroatoms. The van der Waals surface area contributed by atoms with Gasteiger partial charge in [-0.1, -0.05) is 0 Å². The van der Waals surface area contributed by atoms with Gasteiger partial charge in [0.1, 0.15) is 10.7 Å². The summed E-state index contributed by atoms with van der Waals surface area (Å²) in [5.74, 6) is -0.00797. The minimum atomic E-state index is -0.00797. The Hall–Kier alpha value is -1.75. The van der Waals surface area contributed by atoms with Crippen LogP contribution in [-0.2, 0) is 0 Å². The first-order valence-electron chi connectivity index (χ1n) is 5.91. The Labute approximate surface area is 110 Å². The third-order valence-electron chi connectivity index (χ3n) is 2.68. The summed E-state index contributed by atoms with van der Waals surface area (Å²) < 4.78 is 0. The number of pyridine rings is 1. The zero-order chi connectivity index (χ0) is 13.0. The second-order valence-corrected chi connectivity index (χ2v) is 4.62. The zero-order valence-corrected chi connectivity index (χ0v) is 11.3. The monoisotopic (exact) mass is 261 g/mol. The number of aromatic nitrogens is 2. The van der Waals surface area contributed by atoms with Crippen molar-refractivity contribution in [3.05, 3.63) is 35.6 Å². The van der Waals surface area contributed by atoms with Crippen molar-refractivity contribution in [1.29, 1.82) is 0 Å². The number of carbonyl (C=O) groups is 1. The predicted molar refractivity (Wildman–Crippen MR) is 72.6 cm³/mol. The van der Waals surface area contributed by atoms with E-state index in [4.69, 9.17) is 0 Å². The predicted octanol–water partition coefficient (Wildman–Crippen LogP) is 2.69. The van der Waals surface area contributed by atoms with Crippen LogP contribution in [0.5, 0.6) is 0 Å². The summed E-state index contributed by atoms with van der Waals surface area (Å²) in [6.45, 7) is 5.34. The van der Waals surface area contributed by atoms with Crippen molar-refractivity contribution < 1.29 is 4.79 Å². The van der Waals surface area contributed by atoms with E-state index in [-0.39, 0.29) is 5.91 Å². The number of hydrogen-bond acceptors (Lipinski definition) is 4. The van der Waals surface area contributed by atoms with Crippen LogP contribution < -0.4 is 0 Å². The largest absolute Gasteiger partial charge is 0.338 e. The SMILES string of the molecule is CCN(CC)C(=O)c1csc(-c2cccnc2)n1. The minimum absolute atomic E-state index is 0.00797. The van der Waals surface area contributed by atoms with Crippen molar-refractivity contribution in [3.63, 3.8) is 0 Å². The molecule has 0 aliphatic heterocycles. The average molecular weight is 261 g/mol. The second kappa shape index (κ2) is 5.73. The molecule has 0 aliphatic carbocycles. The van der Waals surface area contributed by atoms with Gasteiger partial charge in [0.2, 0.25) is 0 Å². The van der Waals surface area contributed by atoms with Gasteiger partial charge in [-0.2, -0.15) is 0 Å². The van der Waals surface area contributed by atoms with Crippen molar-refractivity contribution in [2.45, 2.75) is 13.8 Å². The van der Waals surface area contributed by atoms with E-state index in [1.807, 2.05) is 31.4 Å². The van der Waals surface area contributed by atoms with Gasteiger partial charge in [0, 0.05) is 36.4 Å². The fraction of sp³-hybridized carbons (Fsp3) is 0.308. The molecule has 1 amide bonds. The van der Waals surface area contributed by atoms with Crippen LogP contribution in [-0.4, -0.2) is 33.9 Å². The van der Waals surface area contributed by atoms with Crippen molar-refractivity contribution in [1.82, 2.24) is 14.9 Å². The van der Waals surface area contributed by atoms with Gasteiger partial charge in [0.15, 0.2) is 0 Å². The van der Waals surface area contributed by atoms with Crippen LogP contribution in [0.3, 0.4) is 0 Å². The molecule has 0 aromatic carbocycles. The maximum Gasteiger partial charge on any atom is 0.273 e. The highest BCUT2D eigenvalue weighted by Crippen LogP contribution is 2.23. The van der Waals surface area contributed by atoms with E-state index in [9.17, 15) is 4.79 Å². The highest BCUT2D eigenvalue weighted by molar-refractivity contribution is 7.13. The van der Waals surface area contributed by atoms with Crippen molar-refractivity contribution in [2.75, 3.05) is 13.1 Å². The first kappa shape index (κ1) is 12.7. The number of thiazole rings is 1. The number of hydrogen-bond donors (Lipinski definition) is 0. The third-order valence-corrected chi connectivity index (χ3v) is 3.57. The minimum Gasteiger partial charge on any atom is -0.338 e. The Morgan fingerprint density at radius 1 is 1.39 bits per heavy atom. The molecule has 4 nitrogen and oxygen atoms in total. The normalized spacial score (nSPS) is 10.3. The molecule has 2 aromatic heterocycles. The topological polar surface area (TPSA) is 46.1 Å². The molecule has 0 spiro atoms. The lowest BCUT2D eigenvalue weighted by atomic mass is 10.3. The van der Waals surface area contributed by atoms with E-state index in [0.29, 0.717) is 18.8 Å². The van der Waals surface area contributed by atoms with E-state index in [1.165, 1.54) is 11.3 Å². The van der Waals surface area contributed by atoms with Gasteiger partial charge in [0.25, 0.3) is 5.91 Å².